The van der Waals surface area contributed by atoms with Crippen LogP contribution in [0.1, 0.15) is 14.9 Å². The van der Waals surface area contributed by atoms with Crippen molar-refractivity contribution < 1.29 is 0 Å². The summed E-state index contributed by atoms with van der Waals surface area (Å²) in [6, 6.07) is 43.8. The molecule has 0 aliphatic heterocycles. The monoisotopic (exact) mass is 371 g/mol. The van der Waals surface area contributed by atoms with Gasteiger partial charge in [0, 0.05) is 0 Å². The normalized spacial score (nSPS) is 10.4. The van der Waals surface area contributed by atoms with E-state index in [0.717, 1.165) is 0 Å². The molecule has 4 aromatic rings. The molecular formula is C26H28P+. The van der Waals surface area contributed by atoms with E-state index in [1.165, 1.54) is 21.2 Å². The zero-order valence-electron chi connectivity index (χ0n) is 14.0. The molecule has 0 saturated carbocycles. The maximum atomic E-state index is 2.28. The van der Waals surface area contributed by atoms with E-state index in [4.69, 9.17) is 0 Å². The molecule has 0 saturated heterocycles. The minimum atomic E-state index is -1.91. The van der Waals surface area contributed by atoms with Gasteiger partial charge in [0.2, 0.25) is 0 Å². The molecule has 0 fully saturated rings. The Morgan fingerprint density at radius 1 is 0.296 bits per heavy atom. The highest BCUT2D eigenvalue weighted by atomic mass is 31.2. The van der Waals surface area contributed by atoms with Crippen LogP contribution in [0.2, 0.25) is 0 Å². The Kier molecular flexibility index (Phi) is 7.11. The van der Waals surface area contributed by atoms with Crippen LogP contribution in [0.15, 0.2) is 121 Å². The Balaban J connectivity index is 0.00000131. The second-order valence-corrected chi connectivity index (χ2v) is 9.42. The first-order valence-corrected chi connectivity index (χ1v) is 10.3. The van der Waals surface area contributed by atoms with E-state index in [9.17, 15) is 0 Å². The second-order valence-electron chi connectivity index (χ2n) is 6.01. The van der Waals surface area contributed by atoms with Crippen molar-refractivity contribution in [3.8, 4) is 0 Å². The third-order valence-electron chi connectivity index (χ3n) is 4.57. The zero-order valence-corrected chi connectivity index (χ0v) is 14.9. The first-order chi connectivity index (χ1) is 12.4. The number of benzene rings is 4. The lowest BCUT2D eigenvalue weighted by molar-refractivity contribution is 1.71. The number of rotatable bonds is 4. The molecule has 0 nitrogen and oxygen atoms in total. The molecule has 1 heteroatoms. The van der Waals surface area contributed by atoms with E-state index < -0.39 is 7.26 Å². The van der Waals surface area contributed by atoms with Crippen LogP contribution in [0.5, 0.6) is 0 Å². The average Bonchev–Trinajstić information content (AvgIpc) is 2.72. The zero-order chi connectivity index (χ0) is 17.0. The van der Waals surface area contributed by atoms with Gasteiger partial charge >= 0.3 is 0 Å². The van der Waals surface area contributed by atoms with Crippen molar-refractivity contribution >= 4 is 28.5 Å². The van der Waals surface area contributed by atoms with E-state index in [1.54, 1.807) is 0 Å². The highest BCUT2D eigenvalue weighted by Crippen LogP contribution is 2.53. The van der Waals surface area contributed by atoms with Gasteiger partial charge in [-0.15, -0.1) is 0 Å². The summed E-state index contributed by atoms with van der Waals surface area (Å²) >= 11 is 0. The summed E-state index contributed by atoms with van der Waals surface area (Å²) < 4.78 is 0. The largest absolute Gasteiger partial charge is 0.144 e. The smallest absolute Gasteiger partial charge is 0.0776 e. The molecule has 0 aliphatic rings. The number of hydrogen-bond acceptors (Lipinski definition) is 0. The van der Waals surface area contributed by atoms with Gasteiger partial charge in [-0.1, -0.05) is 87.6 Å². The number of hydrogen-bond donors (Lipinski definition) is 0. The lowest BCUT2D eigenvalue weighted by Gasteiger charge is -2.27. The molecule has 27 heavy (non-hydrogen) atoms. The van der Waals surface area contributed by atoms with Crippen molar-refractivity contribution in [1.29, 1.82) is 0 Å². The van der Waals surface area contributed by atoms with E-state index in [0.29, 0.717) is 0 Å². The predicted octanol–water partition coefficient (Wildman–Crippen LogP) is 5.58. The van der Waals surface area contributed by atoms with Crippen LogP contribution in [-0.2, 0) is 0 Å². The van der Waals surface area contributed by atoms with E-state index in [2.05, 4.69) is 121 Å². The Morgan fingerprint density at radius 3 is 0.667 bits per heavy atom. The Bertz CT molecular complexity index is 753. The van der Waals surface area contributed by atoms with Crippen molar-refractivity contribution in [2.75, 3.05) is 0 Å². The van der Waals surface area contributed by atoms with Gasteiger partial charge in [-0.25, -0.2) is 0 Å². The van der Waals surface area contributed by atoms with Gasteiger partial charge in [0.1, 0.15) is 28.5 Å². The molecule has 136 valence electrons. The first kappa shape index (κ1) is 20.6. The summed E-state index contributed by atoms with van der Waals surface area (Å²) in [5.74, 6) is 0. The minimum absolute atomic E-state index is 0. The van der Waals surface area contributed by atoms with Crippen LogP contribution in [-0.4, -0.2) is 0 Å². The van der Waals surface area contributed by atoms with Crippen molar-refractivity contribution in [3.05, 3.63) is 121 Å². The summed E-state index contributed by atoms with van der Waals surface area (Å²) in [6.45, 7) is 0. The molecule has 0 heterocycles. The average molecular weight is 371 g/mol. The fraction of sp³-hybridized carbons (Fsp3) is 0.0769. The third kappa shape index (κ3) is 3.72. The molecule has 0 aliphatic carbocycles. The fourth-order valence-corrected chi connectivity index (χ4v) is 7.77. The molecule has 0 amide bonds. The van der Waals surface area contributed by atoms with Gasteiger partial charge in [-0.2, -0.15) is 0 Å². The van der Waals surface area contributed by atoms with Crippen molar-refractivity contribution in [3.63, 3.8) is 0 Å². The van der Waals surface area contributed by atoms with Gasteiger partial charge in [0.05, 0.1) is 0 Å². The quantitative estimate of drug-likeness (QED) is 0.411. The Hall–Kier alpha value is -2.69. The lowest BCUT2D eigenvalue weighted by atomic mass is 10.3. The van der Waals surface area contributed by atoms with Gasteiger partial charge in [0.25, 0.3) is 0 Å². The molecule has 4 aromatic carbocycles. The van der Waals surface area contributed by atoms with Crippen LogP contribution in [0.3, 0.4) is 0 Å². The lowest BCUT2D eigenvalue weighted by Crippen LogP contribution is -2.38. The summed E-state index contributed by atoms with van der Waals surface area (Å²) in [4.78, 5) is 0. The summed E-state index contributed by atoms with van der Waals surface area (Å²) in [6.07, 6.45) is 0. The Morgan fingerprint density at radius 2 is 0.481 bits per heavy atom. The Labute approximate surface area is 164 Å². The molecular weight excluding hydrogens is 343 g/mol. The SMILES string of the molecule is C.C.c1ccc([P+](c2ccccc2)(c2ccccc2)c2ccccc2)cc1. The molecule has 0 unspecified atom stereocenters. The van der Waals surface area contributed by atoms with Gasteiger partial charge in [-0.05, 0) is 48.5 Å². The third-order valence-corrected chi connectivity index (χ3v) is 8.86. The van der Waals surface area contributed by atoms with Crippen LogP contribution in [0.25, 0.3) is 0 Å². The van der Waals surface area contributed by atoms with Crippen molar-refractivity contribution in [1.82, 2.24) is 0 Å². The fourth-order valence-electron chi connectivity index (χ4n) is 3.50. The topological polar surface area (TPSA) is 0 Å². The maximum absolute atomic E-state index is 2.28. The summed E-state index contributed by atoms with van der Waals surface area (Å²) in [5, 5.41) is 5.55. The molecule has 0 aromatic heterocycles. The predicted molar refractivity (Wildman–Crippen MR) is 125 cm³/mol. The molecule has 0 bridgehead atoms. The molecule has 0 radical (unpaired) electrons. The second kappa shape index (κ2) is 9.31. The molecule has 4 rings (SSSR count). The highest BCUT2D eigenvalue weighted by molar-refractivity contribution is 8.01. The van der Waals surface area contributed by atoms with E-state index in [1.807, 2.05) is 0 Å². The van der Waals surface area contributed by atoms with E-state index >= 15 is 0 Å². The van der Waals surface area contributed by atoms with Crippen LogP contribution >= 0.6 is 7.26 Å². The maximum Gasteiger partial charge on any atom is 0.144 e. The minimum Gasteiger partial charge on any atom is -0.0776 e. The van der Waals surface area contributed by atoms with Gasteiger partial charge in [0.15, 0.2) is 0 Å². The summed E-state index contributed by atoms with van der Waals surface area (Å²) in [5.41, 5.74) is 0. The first-order valence-electron chi connectivity index (χ1n) is 8.54. The van der Waals surface area contributed by atoms with Crippen LogP contribution in [0, 0.1) is 0 Å². The van der Waals surface area contributed by atoms with Gasteiger partial charge in [-0.3, -0.25) is 0 Å². The standard InChI is InChI=1S/C24H20P.2CH4/c1-5-13-21(14-6-1)25(22-15-7-2-8-16-22,23-17-9-3-10-18-23)24-19-11-4-12-20-24;;/h1-20H;2*1H4/q+1;;. The van der Waals surface area contributed by atoms with Crippen LogP contribution < -0.4 is 21.2 Å². The van der Waals surface area contributed by atoms with Crippen LogP contribution in [0.4, 0.5) is 0 Å². The van der Waals surface area contributed by atoms with Crippen molar-refractivity contribution in [2.45, 2.75) is 14.9 Å². The molecule has 0 atom stereocenters. The van der Waals surface area contributed by atoms with Gasteiger partial charge < -0.3 is 0 Å². The highest BCUT2D eigenvalue weighted by Gasteiger charge is 2.47. The molecule has 0 spiro atoms. The van der Waals surface area contributed by atoms with Crippen molar-refractivity contribution in [2.24, 2.45) is 0 Å². The summed E-state index contributed by atoms with van der Waals surface area (Å²) in [7, 11) is -1.91. The van der Waals surface area contributed by atoms with E-state index in [-0.39, 0.29) is 14.9 Å². The molecule has 0 N–H and O–H groups in total.